The first-order valence-electron chi connectivity index (χ1n) is 10.3. The van der Waals surface area contributed by atoms with Crippen LogP contribution in [0.5, 0.6) is 0 Å². The van der Waals surface area contributed by atoms with Crippen LogP contribution in [0.15, 0.2) is 11.6 Å². The quantitative estimate of drug-likeness (QED) is 0.502. The zero-order valence-electron chi connectivity index (χ0n) is 18.0. The van der Waals surface area contributed by atoms with E-state index in [1.54, 1.807) is 6.92 Å². The van der Waals surface area contributed by atoms with Crippen LogP contribution in [-0.4, -0.2) is 54.9 Å². The fourth-order valence-corrected chi connectivity index (χ4v) is 3.98. The van der Waals surface area contributed by atoms with Crippen molar-refractivity contribution in [2.75, 3.05) is 6.61 Å². The van der Waals surface area contributed by atoms with Crippen LogP contribution in [0.4, 0.5) is 0 Å². The lowest BCUT2D eigenvalue weighted by Crippen LogP contribution is -2.45. The van der Waals surface area contributed by atoms with Crippen LogP contribution in [0, 0.1) is 5.92 Å². The Bertz CT molecular complexity index is 608. The molecule has 3 rings (SSSR count). The van der Waals surface area contributed by atoms with E-state index in [9.17, 15) is 4.79 Å². The molecule has 0 aromatic heterocycles. The van der Waals surface area contributed by atoms with E-state index in [-0.39, 0.29) is 12.1 Å². The highest BCUT2D eigenvalue weighted by Gasteiger charge is 2.60. The topological polar surface area (TPSA) is 72.5 Å². The maximum Gasteiger partial charge on any atom is 0.333 e. The SMILES string of the molecule is CCC(/C=C(\C)C(=O)O[C@@H]1[C@H]2OC(C)(C)O[C@H]2O[C@@H]1[C@H]1COC(C)(C)O1)CC. The highest BCUT2D eigenvalue weighted by atomic mass is 16.8. The Morgan fingerprint density at radius 3 is 2.32 bits per heavy atom. The second-order valence-electron chi connectivity index (χ2n) is 8.73. The number of carbonyl (C=O) groups is 1. The van der Waals surface area contributed by atoms with Gasteiger partial charge in [-0.05, 0) is 53.4 Å². The molecule has 0 unspecified atom stereocenters. The van der Waals surface area contributed by atoms with Gasteiger partial charge in [-0.1, -0.05) is 19.9 Å². The third-order valence-corrected chi connectivity index (χ3v) is 5.52. The molecule has 3 saturated heterocycles. The molecular formula is C21H34O7. The Hall–Kier alpha value is -0.990. The maximum absolute atomic E-state index is 12.8. The number of carbonyl (C=O) groups excluding carboxylic acids is 1. The first-order valence-corrected chi connectivity index (χ1v) is 10.3. The second-order valence-corrected chi connectivity index (χ2v) is 8.73. The Morgan fingerprint density at radius 2 is 1.75 bits per heavy atom. The monoisotopic (exact) mass is 398 g/mol. The number of ether oxygens (including phenoxy) is 6. The van der Waals surface area contributed by atoms with Gasteiger partial charge >= 0.3 is 5.97 Å². The minimum atomic E-state index is -0.794. The highest BCUT2D eigenvalue weighted by Crippen LogP contribution is 2.42. The van der Waals surface area contributed by atoms with Gasteiger partial charge in [-0.15, -0.1) is 0 Å². The van der Waals surface area contributed by atoms with E-state index in [0.717, 1.165) is 12.8 Å². The van der Waals surface area contributed by atoms with Gasteiger partial charge in [0.05, 0.1) is 6.61 Å². The van der Waals surface area contributed by atoms with E-state index in [1.807, 2.05) is 33.8 Å². The van der Waals surface area contributed by atoms with Crippen molar-refractivity contribution in [3.05, 3.63) is 11.6 Å². The maximum atomic E-state index is 12.8. The molecule has 0 spiro atoms. The van der Waals surface area contributed by atoms with Crippen molar-refractivity contribution in [2.45, 2.75) is 104 Å². The van der Waals surface area contributed by atoms with Crippen molar-refractivity contribution < 1.29 is 33.2 Å². The normalized spacial score (nSPS) is 36.7. The number of hydrogen-bond acceptors (Lipinski definition) is 7. The van der Waals surface area contributed by atoms with Crippen molar-refractivity contribution in [3.63, 3.8) is 0 Å². The van der Waals surface area contributed by atoms with E-state index in [4.69, 9.17) is 28.4 Å². The van der Waals surface area contributed by atoms with Crippen LogP contribution in [0.25, 0.3) is 0 Å². The zero-order valence-corrected chi connectivity index (χ0v) is 18.0. The van der Waals surface area contributed by atoms with Crippen LogP contribution in [-0.2, 0) is 33.2 Å². The van der Waals surface area contributed by atoms with Crippen molar-refractivity contribution in [1.82, 2.24) is 0 Å². The number of allylic oxidation sites excluding steroid dienone is 1. The van der Waals surface area contributed by atoms with Crippen molar-refractivity contribution in [2.24, 2.45) is 5.92 Å². The number of fused-ring (bicyclic) bond motifs is 1. The molecule has 3 fully saturated rings. The second kappa shape index (κ2) is 8.03. The van der Waals surface area contributed by atoms with Crippen LogP contribution in [0.3, 0.4) is 0 Å². The van der Waals surface area contributed by atoms with E-state index in [2.05, 4.69) is 13.8 Å². The van der Waals surface area contributed by atoms with E-state index in [1.165, 1.54) is 0 Å². The summed E-state index contributed by atoms with van der Waals surface area (Å²) in [5.41, 5.74) is 0.595. The first kappa shape index (κ1) is 21.7. The summed E-state index contributed by atoms with van der Waals surface area (Å²) in [6.45, 7) is 13.7. The zero-order chi connectivity index (χ0) is 20.7. The van der Waals surface area contributed by atoms with Crippen molar-refractivity contribution >= 4 is 5.97 Å². The summed E-state index contributed by atoms with van der Waals surface area (Å²) in [5.74, 6) is -1.50. The number of rotatable bonds is 6. The molecule has 3 aliphatic rings. The average Bonchev–Trinajstić information content (AvgIpc) is 3.22. The molecule has 3 heterocycles. The lowest BCUT2D eigenvalue weighted by atomic mass is 10.0. The first-order chi connectivity index (χ1) is 13.0. The predicted molar refractivity (Wildman–Crippen MR) is 101 cm³/mol. The molecule has 7 heteroatoms. The fourth-order valence-electron chi connectivity index (χ4n) is 3.98. The van der Waals surface area contributed by atoms with Gasteiger partial charge in [0.25, 0.3) is 0 Å². The van der Waals surface area contributed by atoms with Crippen LogP contribution >= 0.6 is 0 Å². The summed E-state index contributed by atoms with van der Waals surface area (Å²) in [6, 6.07) is 0. The van der Waals surface area contributed by atoms with Gasteiger partial charge in [-0.2, -0.15) is 0 Å². The Balaban J connectivity index is 1.76. The molecule has 0 aromatic carbocycles. The van der Waals surface area contributed by atoms with E-state index >= 15 is 0 Å². The van der Waals surface area contributed by atoms with Gasteiger partial charge < -0.3 is 28.4 Å². The van der Waals surface area contributed by atoms with Gasteiger partial charge in [-0.25, -0.2) is 4.79 Å². The molecule has 28 heavy (non-hydrogen) atoms. The molecule has 0 bridgehead atoms. The molecule has 0 saturated carbocycles. The van der Waals surface area contributed by atoms with Crippen LogP contribution in [0.2, 0.25) is 0 Å². The molecule has 0 aromatic rings. The number of esters is 1. The summed E-state index contributed by atoms with van der Waals surface area (Å²) in [6.07, 6.45) is 1.33. The average molecular weight is 398 g/mol. The lowest BCUT2D eigenvalue weighted by Gasteiger charge is -2.29. The summed E-state index contributed by atoms with van der Waals surface area (Å²) < 4.78 is 35.4. The standard InChI is InChI=1S/C21H34O7/c1-8-13(9-2)10-12(3)18(22)24-16-15(14-11-23-20(4,5)26-14)25-19-17(16)27-21(6,7)28-19/h10,13-17,19H,8-9,11H2,1-7H3/b12-10+/t14-,15-,16+,17-,19-/m1/s1. The van der Waals surface area contributed by atoms with Gasteiger partial charge in [-0.3, -0.25) is 0 Å². The van der Waals surface area contributed by atoms with Crippen LogP contribution < -0.4 is 0 Å². The fraction of sp³-hybridized carbons (Fsp3) is 0.857. The molecule has 3 aliphatic heterocycles. The summed E-state index contributed by atoms with van der Waals surface area (Å²) in [7, 11) is 0. The largest absolute Gasteiger partial charge is 0.453 e. The number of hydrogen-bond donors (Lipinski definition) is 0. The minimum Gasteiger partial charge on any atom is -0.453 e. The van der Waals surface area contributed by atoms with E-state index in [0.29, 0.717) is 18.1 Å². The highest BCUT2D eigenvalue weighted by molar-refractivity contribution is 5.88. The molecule has 0 amide bonds. The summed E-state index contributed by atoms with van der Waals surface area (Å²) in [5, 5.41) is 0. The molecule has 0 radical (unpaired) electrons. The molecule has 0 aliphatic carbocycles. The van der Waals surface area contributed by atoms with Gasteiger partial charge in [0.15, 0.2) is 30.1 Å². The van der Waals surface area contributed by atoms with Crippen molar-refractivity contribution in [1.29, 1.82) is 0 Å². The van der Waals surface area contributed by atoms with Gasteiger partial charge in [0.1, 0.15) is 12.2 Å². The molecule has 160 valence electrons. The Morgan fingerprint density at radius 1 is 1.07 bits per heavy atom. The smallest absolute Gasteiger partial charge is 0.333 e. The molecule has 0 N–H and O–H groups in total. The molecule has 7 nitrogen and oxygen atoms in total. The molecule has 5 atom stereocenters. The molecular weight excluding hydrogens is 364 g/mol. The minimum absolute atomic E-state index is 0.355. The summed E-state index contributed by atoms with van der Waals surface area (Å²) in [4.78, 5) is 12.8. The Kier molecular flexibility index (Phi) is 6.23. The van der Waals surface area contributed by atoms with Gasteiger partial charge in [0, 0.05) is 5.57 Å². The van der Waals surface area contributed by atoms with Crippen molar-refractivity contribution in [3.8, 4) is 0 Å². The third kappa shape index (κ3) is 4.60. The summed E-state index contributed by atoms with van der Waals surface area (Å²) >= 11 is 0. The van der Waals surface area contributed by atoms with Crippen LogP contribution in [0.1, 0.15) is 61.3 Å². The lowest BCUT2D eigenvalue weighted by molar-refractivity contribution is -0.234. The third-order valence-electron chi connectivity index (χ3n) is 5.52. The predicted octanol–water partition coefficient (Wildman–Crippen LogP) is 3.31. The van der Waals surface area contributed by atoms with Gasteiger partial charge in [0.2, 0.25) is 0 Å². The van der Waals surface area contributed by atoms with E-state index < -0.39 is 36.2 Å². The Labute approximate surface area is 167 Å².